The van der Waals surface area contributed by atoms with Gasteiger partial charge >= 0.3 is 0 Å². The largest absolute Gasteiger partial charge is 0.340 e. The van der Waals surface area contributed by atoms with E-state index in [1.807, 2.05) is 0 Å². The second-order valence-corrected chi connectivity index (χ2v) is 10.6. The molecule has 1 unspecified atom stereocenters. The number of benzene rings is 1. The summed E-state index contributed by atoms with van der Waals surface area (Å²) in [5.74, 6) is -0.543. The van der Waals surface area contributed by atoms with Gasteiger partial charge in [0, 0.05) is 18.2 Å². The first-order valence-corrected chi connectivity index (χ1v) is 11.4. The van der Waals surface area contributed by atoms with Crippen LogP contribution in [0.5, 0.6) is 0 Å². The number of nitrogens with two attached hydrogens (primary N) is 2. The van der Waals surface area contributed by atoms with Crippen LogP contribution in [0.4, 0.5) is 5.69 Å². The SMILES string of the molecule is CC(C)S(=O)(=O)c1ccccc1NC1=C(Cl)C=NC(N)([C@@H]2CCC[C@H](N)C2)N1. The zero-order chi connectivity index (χ0) is 20.5. The van der Waals surface area contributed by atoms with E-state index in [1.54, 1.807) is 38.1 Å². The third-order valence-electron chi connectivity index (χ3n) is 5.37. The Morgan fingerprint density at radius 1 is 1.32 bits per heavy atom. The molecule has 3 atom stereocenters. The molecule has 0 aromatic heterocycles. The zero-order valence-corrected chi connectivity index (χ0v) is 17.7. The molecule has 1 heterocycles. The van der Waals surface area contributed by atoms with Crippen molar-refractivity contribution in [3.63, 3.8) is 0 Å². The quantitative estimate of drug-likeness (QED) is 0.574. The fraction of sp³-hybridized carbons (Fsp3) is 0.526. The minimum Gasteiger partial charge on any atom is -0.340 e. The molecule has 0 radical (unpaired) electrons. The molecule has 0 amide bonds. The van der Waals surface area contributed by atoms with E-state index in [0.717, 1.165) is 25.7 Å². The van der Waals surface area contributed by atoms with Crippen LogP contribution in [0.15, 0.2) is 45.0 Å². The molecule has 7 nitrogen and oxygen atoms in total. The van der Waals surface area contributed by atoms with Crippen LogP contribution in [-0.4, -0.2) is 31.7 Å². The first kappa shape index (κ1) is 21.1. The molecular formula is C19H28ClN5O2S. The summed E-state index contributed by atoms with van der Waals surface area (Å²) >= 11 is 6.33. The molecule has 0 spiro atoms. The fourth-order valence-electron chi connectivity index (χ4n) is 3.65. The lowest BCUT2D eigenvalue weighted by Crippen LogP contribution is -2.60. The standard InChI is InChI=1S/C19H28ClN5O2S/c1-12(2)28(26,27)17-9-4-3-8-16(17)24-18-15(20)11-23-19(22,25-18)13-6-5-7-14(21)10-13/h3-4,8-9,11-14,24-25H,5-7,10,21-22H2,1-2H3/t13-,14+,19?/m1/s1. The summed E-state index contributed by atoms with van der Waals surface area (Å²) in [4.78, 5) is 4.65. The van der Waals surface area contributed by atoms with Crippen LogP contribution in [0.2, 0.25) is 0 Å². The summed E-state index contributed by atoms with van der Waals surface area (Å²) in [6, 6.07) is 6.85. The minimum atomic E-state index is -3.47. The summed E-state index contributed by atoms with van der Waals surface area (Å²) in [5.41, 5.74) is 13.1. The Hall–Kier alpha value is -1.61. The van der Waals surface area contributed by atoms with Gasteiger partial charge in [0.1, 0.15) is 5.82 Å². The maximum atomic E-state index is 12.7. The monoisotopic (exact) mass is 425 g/mol. The highest BCUT2D eigenvalue weighted by molar-refractivity contribution is 7.92. The summed E-state index contributed by atoms with van der Waals surface area (Å²) in [6.45, 7) is 3.31. The summed E-state index contributed by atoms with van der Waals surface area (Å²) in [6.07, 6.45) is 5.18. The Bertz CT molecular complexity index is 899. The highest BCUT2D eigenvalue weighted by Crippen LogP contribution is 2.34. The van der Waals surface area contributed by atoms with Crippen molar-refractivity contribution in [3.8, 4) is 0 Å². The second kappa shape index (κ2) is 8.02. The maximum absolute atomic E-state index is 12.7. The number of sulfone groups is 1. The average Bonchev–Trinajstić information content (AvgIpc) is 2.65. The predicted molar refractivity (Wildman–Crippen MR) is 114 cm³/mol. The second-order valence-electron chi connectivity index (χ2n) is 7.77. The van der Waals surface area contributed by atoms with Crippen molar-refractivity contribution in [3.05, 3.63) is 35.1 Å². The number of hydrogen-bond acceptors (Lipinski definition) is 7. The highest BCUT2D eigenvalue weighted by atomic mass is 35.5. The molecule has 2 aliphatic rings. The molecule has 0 saturated heterocycles. The predicted octanol–water partition coefficient (Wildman–Crippen LogP) is 2.49. The van der Waals surface area contributed by atoms with Crippen molar-refractivity contribution in [1.29, 1.82) is 0 Å². The van der Waals surface area contributed by atoms with Gasteiger partial charge in [-0.1, -0.05) is 30.2 Å². The number of anilines is 1. The van der Waals surface area contributed by atoms with Gasteiger partial charge in [-0.2, -0.15) is 0 Å². The van der Waals surface area contributed by atoms with Crippen molar-refractivity contribution in [2.45, 2.75) is 61.5 Å². The van der Waals surface area contributed by atoms with Crippen LogP contribution in [0.25, 0.3) is 0 Å². The van der Waals surface area contributed by atoms with E-state index >= 15 is 0 Å². The number of nitrogens with zero attached hydrogens (tertiary/aromatic N) is 1. The third-order valence-corrected chi connectivity index (χ3v) is 7.86. The Morgan fingerprint density at radius 3 is 2.71 bits per heavy atom. The first-order valence-electron chi connectivity index (χ1n) is 9.51. The number of rotatable bonds is 5. The molecule has 1 aromatic carbocycles. The molecule has 1 fully saturated rings. The Kier molecular flexibility index (Phi) is 6.05. The van der Waals surface area contributed by atoms with Gasteiger partial charge in [-0.15, -0.1) is 0 Å². The van der Waals surface area contributed by atoms with Crippen LogP contribution in [0.1, 0.15) is 39.5 Å². The minimum absolute atomic E-state index is 0.0590. The van der Waals surface area contributed by atoms with Gasteiger partial charge in [0.15, 0.2) is 15.6 Å². The van der Waals surface area contributed by atoms with Crippen LogP contribution >= 0.6 is 11.6 Å². The first-order chi connectivity index (χ1) is 13.1. The van der Waals surface area contributed by atoms with Crippen molar-refractivity contribution >= 4 is 33.3 Å². The van der Waals surface area contributed by atoms with Gasteiger partial charge in [0.25, 0.3) is 0 Å². The van der Waals surface area contributed by atoms with Gasteiger partial charge in [0.05, 0.1) is 20.9 Å². The molecule has 1 aromatic rings. The summed E-state index contributed by atoms with van der Waals surface area (Å²) in [5, 5.41) is 6.10. The Morgan fingerprint density at radius 2 is 2.04 bits per heavy atom. The average molecular weight is 426 g/mol. The van der Waals surface area contributed by atoms with Crippen molar-refractivity contribution < 1.29 is 8.42 Å². The molecule has 154 valence electrons. The highest BCUT2D eigenvalue weighted by Gasteiger charge is 2.39. The van der Waals surface area contributed by atoms with Gasteiger partial charge in [-0.25, -0.2) is 13.4 Å². The lowest BCUT2D eigenvalue weighted by atomic mass is 9.81. The maximum Gasteiger partial charge on any atom is 0.186 e. The smallest absolute Gasteiger partial charge is 0.186 e. The topological polar surface area (TPSA) is 123 Å². The summed E-state index contributed by atoms with van der Waals surface area (Å²) < 4.78 is 25.4. The van der Waals surface area contributed by atoms with Crippen LogP contribution < -0.4 is 22.1 Å². The molecular weight excluding hydrogens is 398 g/mol. The van der Waals surface area contributed by atoms with Gasteiger partial charge in [-0.05, 0) is 45.2 Å². The number of hydrogen-bond donors (Lipinski definition) is 4. The molecule has 1 aliphatic heterocycles. The number of aliphatic imine (C=N–C) groups is 1. The molecule has 6 N–H and O–H groups in total. The van der Waals surface area contributed by atoms with Crippen LogP contribution in [0.3, 0.4) is 0 Å². The molecule has 3 rings (SSSR count). The Labute approximate surface area is 171 Å². The van der Waals surface area contributed by atoms with E-state index in [2.05, 4.69) is 15.6 Å². The zero-order valence-electron chi connectivity index (χ0n) is 16.2. The van der Waals surface area contributed by atoms with Crippen molar-refractivity contribution in [1.82, 2.24) is 5.32 Å². The lowest BCUT2D eigenvalue weighted by molar-refractivity contribution is 0.173. The third kappa shape index (κ3) is 4.20. The molecule has 0 bridgehead atoms. The molecule has 1 aliphatic carbocycles. The molecule has 9 heteroatoms. The van der Waals surface area contributed by atoms with Crippen LogP contribution in [-0.2, 0) is 9.84 Å². The Balaban J connectivity index is 1.88. The van der Waals surface area contributed by atoms with E-state index < -0.39 is 20.9 Å². The lowest BCUT2D eigenvalue weighted by Gasteiger charge is -2.41. The summed E-state index contributed by atoms with van der Waals surface area (Å²) in [7, 11) is -3.47. The number of para-hydroxylation sites is 1. The van der Waals surface area contributed by atoms with E-state index in [-0.39, 0.29) is 16.9 Å². The molecule has 28 heavy (non-hydrogen) atoms. The van der Waals surface area contributed by atoms with E-state index in [1.165, 1.54) is 6.21 Å². The normalized spacial score (nSPS) is 28.4. The van der Waals surface area contributed by atoms with E-state index in [0.29, 0.717) is 16.5 Å². The van der Waals surface area contributed by atoms with Crippen molar-refractivity contribution in [2.75, 3.05) is 5.32 Å². The number of allylic oxidation sites excluding steroid dienone is 1. The fourth-order valence-corrected chi connectivity index (χ4v) is 5.00. The van der Waals surface area contributed by atoms with Crippen LogP contribution in [0, 0.1) is 5.92 Å². The van der Waals surface area contributed by atoms with Gasteiger partial charge in [-0.3, -0.25) is 5.73 Å². The van der Waals surface area contributed by atoms with Gasteiger partial charge < -0.3 is 16.4 Å². The molecule has 1 saturated carbocycles. The van der Waals surface area contributed by atoms with Crippen molar-refractivity contribution in [2.24, 2.45) is 22.4 Å². The van der Waals surface area contributed by atoms with E-state index in [9.17, 15) is 8.42 Å². The van der Waals surface area contributed by atoms with Gasteiger partial charge in [0.2, 0.25) is 0 Å². The van der Waals surface area contributed by atoms with E-state index in [4.69, 9.17) is 23.1 Å². The number of nitrogens with one attached hydrogen (secondary N) is 2. The number of halogens is 1.